The number of aromatic nitrogens is 1. The Morgan fingerprint density at radius 3 is 2.76 bits per heavy atom. The second kappa shape index (κ2) is 8.52. The van der Waals surface area contributed by atoms with Gasteiger partial charge in [0.1, 0.15) is 0 Å². The first-order valence-corrected chi connectivity index (χ1v) is 10.6. The van der Waals surface area contributed by atoms with Crippen LogP contribution in [0.25, 0.3) is 10.9 Å². The van der Waals surface area contributed by atoms with Crippen LogP contribution in [0.15, 0.2) is 24.3 Å². The third-order valence-corrected chi connectivity index (χ3v) is 6.32. The quantitative estimate of drug-likeness (QED) is 0.723. The molecule has 2 fully saturated rings. The van der Waals surface area contributed by atoms with E-state index in [0.29, 0.717) is 40.2 Å². The lowest BCUT2D eigenvalue weighted by Gasteiger charge is -2.29. The van der Waals surface area contributed by atoms with Gasteiger partial charge in [0.2, 0.25) is 5.92 Å². The Bertz CT molecular complexity index is 900. The van der Waals surface area contributed by atoms with Crippen molar-refractivity contribution in [1.82, 2.24) is 10.3 Å². The molecule has 4 rings (SSSR count). The highest BCUT2D eigenvalue weighted by Gasteiger charge is 2.36. The zero-order valence-electron chi connectivity index (χ0n) is 16.2. The normalized spacial score (nSPS) is 22.5. The summed E-state index contributed by atoms with van der Waals surface area (Å²) in [5, 5.41) is 3.83. The van der Waals surface area contributed by atoms with Crippen LogP contribution in [0.1, 0.15) is 60.5 Å². The van der Waals surface area contributed by atoms with Crippen molar-refractivity contribution in [3.8, 4) is 0 Å². The minimum absolute atomic E-state index is 0.0618. The van der Waals surface area contributed by atoms with Gasteiger partial charge in [-0.2, -0.15) is 0 Å². The lowest BCUT2D eigenvalue weighted by atomic mass is 9.86. The van der Waals surface area contributed by atoms with Gasteiger partial charge in [0, 0.05) is 49.6 Å². The van der Waals surface area contributed by atoms with Gasteiger partial charge in [-0.15, -0.1) is 0 Å². The summed E-state index contributed by atoms with van der Waals surface area (Å²) < 4.78 is 32.7. The van der Waals surface area contributed by atoms with Crippen molar-refractivity contribution >= 4 is 28.4 Å². The van der Waals surface area contributed by atoms with Gasteiger partial charge in [0.15, 0.2) is 0 Å². The van der Waals surface area contributed by atoms with Crippen LogP contribution in [0.4, 0.5) is 8.78 Å². The third kappa shape index (κ3) is 4.69. The van der Waals surface area contributed by atoms with E-state index in [0.717, 1.165) is 31.7 Å². The second-order valence-corrected chi connectivity index (χ2v) is 8.55. The monoisotopic (exact) mass is 422 g/mol. The molecule has 1 atom stereocenters. The highest BCUT2D eigenvalue weighted by molar-refractivity contribution is 6.35. The van der Waals surface area contributed by atoms with Gasteiger partial charge in [0.25, 0.3) is 5.91 Å². The summed E-state index contributed by atoms with van der Waals surface area (Å²) in [6.07, 6.45) is 2.83. The Hall–Kier alpha value is -1.79. The molecule has 1 saturated carbocycles. The maximum absolute atomic E-state index is 13.6. The number of amides is 1. The number of carbonyl (C=O) groups is 1. The summed E-state index contributed by atoms with van der Waals surface area (Å²) in [6, 6.07) is 7.34. The maximum atomic E-state index is 13.6. The molecule has 1 aromatic heterocycles. The van der Waals surface area contributed by atoms with Crippen LogP contribution in [0, 0.1) is 5.92 Å². The molecular weight excluding hydrogens is 398 g/mol. The van der Waals surface area contributed by atoms with E-state index in [4.69, 9.17) is 21.3 Å². The highest BCUT2D eigenvalue weighted by Crippen LogP contribution is 2.36. The number of fused-ring (bicyclic) bond motifs is 1. The molecule has 156 valence electrons. The largest absolute Gasteiger partial charge is 0.381 e. The maximum Gasteiger partial charge on any atom is 0.253 e. The molecule has 1 aliphatic carbocycles. The van der Waals surface area contributed by atoms with Crippen LogP contribution in [-0.2, 0) is 4.74 Å². The molecule has 7 heteroatoms. The Balaban J connectivity index is 1.52. The van der Waals surface area contributed by atoms with E-state index in [1.54, 1.807) is 6.07 Å². The van der Waals surface area contributed by atoms with Crippen LogP contribution in [0.5, 0.6) is 0 Å². The predicted molar refractivity (Wildman–Crippen MR) is 109 cm³/mol. The fourth-order valence-corrected chi connectivity index (χ4v) is 4.67. The van der Waals surface area contributed by atoms with Crippen molar-refractivity contribution < 1.29 is 18.3 Å². The summed E-state index contributed by atoms with van der Waals surface area (Å²) in [6.45, 7) is 1.70. The zero-order chi connectivity index (χ0) is 20.4. The standard InChI is InChI=1S/C22H25ClF2N2O2/c23-17-4-6-19-16(3-5-18(27-19)15-7-10-29-11-8-15)20(17)21(28)26-13-14-2-1-9-22(24,25)12-14/h3-6,14-15H,1-2,7-13H2,(H,26,28). The summed E-state index contributed by atoms with van der Waals surface area (Å²) in [7, 11) is 0. The number of halogens is 3. The number of pyridine rings is 1. The number of carbonyl (C=O) groups excluding carboxylic acids is 1. The minimum Gasteiger partial charge on any atom is -0.381 e. The van der Waals surface area contributed by atoms with Crippen LogP contribution < -0.4 is 5.32 Å². The molecule has 1 amide bonds. The Labute approximate surface area is 174 Å². The van der Waals surface area contributed by atoms with Crippen molar-refractivity contribution in [3.63, 3.8) is 0 Å². The molecule has 1 aliphatic heterocycles. The van der Waals surface area contributed by atoms with E-state index in [1.807, 2.05) is 18.2 Å². The Morgan fingerprint density at radius 2 is 2.00 bits per heavy atom. The van der Waals surface area contributed by atoms with Gasteiger partial charge < -0.3 is 10.1 Å². The minimum atomic E-state index is -2.63. The first kappa shape index (κ1) is 20.5. The van der Waals surface area contributed by atoms with E-state index in [-0.39, 0.29) is 31.2 Å². The highest BCUT2D eigenvalue weighted by atomic mass is 35.5. The molecule has 0 bridgehead atoms. The van der Waals surface area contributed by atoms with Gasteiger partial charge in [-0.1, -0.05) is 17.7 Å². The van der Waals surface area contributed by atoms with Crippen molar-refractivity contribution in [2.45, 2.75) is 50.4 Å². The first-order valence-electron chi connectivity index (χ1n) is 10.3. The summed E-state index contributed by atoms with van der Waals surface area (Å²) >= 11 is 6.33. The van der Waals surface area contributed by atoms with Gasteiger partial charge >= 0.3 is 0 Å². The number of benzene rings is 1. The van der Waals surface area contributed by atoms with E-state index in [9.17, 15) is 13.6 Å². The van der Waals surface area contributed by atoms with Crippen molar-refractivity contribution in [1.29, 1.82) is 0 Å². The number of nitrogens with zero attached hydrogens (tertiary/aromatic N) is 1. The number of rotatable bonds is 4. The number of ether oxygens (including phenoxy) is 1. The van der Waals surface area contributed by atoms with Crippen LogP contribution in [-0.4, -0.2) is 36.6 Å². The summed E-state index contributed by atoms with van der Waals surface area (Å²) in [4.78, 5) is 17.6. The van der Waals surface area contributed by atoms with E-state index in [2.05, 4.69) is 5.32 Å². The molecule has 2 aromatic rings. The van der Waals surface area contributed by atoms with E-state index < -0.39 is 5.92 Å². The van der Waals surface area contributed by atoms with Crippen LogP contribution in [0.2, 0.25) is 5.02 Å². The van der Waals surface area contributed by atoms with Gasteiger partial charge in [0.05, 0.1) is 16.1 Å². The van der Waals surface area contributed by atoms with Crippen molar-refractivity contribution in [2.24, 2.45) is 5.92 Å². The molecule has 1 unspecified atom stereocenters. The fraction of sp³-hybridized carbons (Fsp3) is 0.545. The number of nitrogens with one attached hydrogen (secondary N) is 1. The first-order chi connectivity index (χ1) is 13.9. The summed E-state index contributed by atoms with van der Waals surface area (Å²) in [5.74, 6) is -2.83. The average Bonchev–Trinajstić information content (AvgIpc) is 2.71. The predicted octanol–water partition coefficient (Wildman–Crippen LogP) is 5.34. The molecule has 1 N–H and O–H groups in total. The third-order valence-electron chi connectivity index (χ3n) is 6.00. The smallest absolute Gasteiger partial charge is 0.253 e. The molecule has 2 aliphatic rings. The lowest BCUT2D eigenvalue weighted by Crippen LogP contribution is -2.35. The van der Waals surface area contributed by atoms with Crippen LogP contribution >= 0.6 is 11.6 Å². The van der Waals surface area contributed by atoms with E-state index >= 15 is 0 Å². The SMILES string of the molecule is O=C(NCC1CCCC(F)(F)C1)c1c(Cl)ccc2nc(C3CCOCC3)ccc12. The zero-order valence-corrected chi connectivity index (χ0v) is 17.0. The molecule has 1 aromatic carbocycles. The lowest BCUT2D eigenvalue weighted by molar-refractivity contribution is -0.0518. The molecule has 2 heterocycles. The van der Waals surface area contributed by atoms with Crippen molar-refractivity contribution in [2.75, 3.05) is 19.8 Å². The molecule has 0 spiro atoms. The fourth-order valence-electron chi connectivity index (χ4n) is 4.42. The van der Waals surface area contributed by atoms with Gasteiger partial charge in [-0.05, 0) is 49.8 Å². The topological polar surface area (TPSA) is 51.2 Å². The van der Waals surface area contributed by atoms with Gasteiger partial charge in [-0.25, -0.2) is 8.78 Å². The second-order valence-electron chi connectivity index (χ2n) is 8.14. The molecular formula is C22H25ClF2N2O2. The van der Waals surface area contributed by atoms with Crippen LogP contribution in [0.3, 0.4) is 0 Å². The average molecular weight is 423 g/mol. The number of hydrogen-bond acceptors (Lipinski definition) is 3. The molecule has 29 heavy (non-hydrogen) atoms. The van der Waals surface area contributed by atoms with Crippen molar-refractivity contribution in [3.05, 3.63) is 40.5 Å². The molecule has 0 radical (unpaired) electrons. The number of hydrogen-bond donors (Lipinski definition) is 1. The summed E-state index contributed by atoms with van der Waals surface area (Å²) in [5.41, 5.74) is 2.07. The Morgan fingerprint density at radius 1 is 1.21 bits per heavy atom. The van der Waals surface area contributed by atoms with Gasteiger partial charge in [-0.3, -0.25) is 9.78 Å². The van der Waals surface area contributed by atoms with E-state index in [1.165, 1.54) is 0 Å². The Kier molecular flexibility index (Phi) is 6.02. The molecule has 4 nitrogen and oxygen atoms in total. The molecule has 1 saturated heterocycles. The number of alkyl halides is 2.